The summed E-state index contributed by atoms with van der Waals surface area (Å²) in [5, 5.41) is 2.51. The molecule has 0 spiro atoms. The zero-order valence-corrected chi connectivity index (χ0v) is 11.4. The smallest absolute Gasteiger partial charge is 0.261 e. The maximum Gasteiger partial charge on any atom is 0.261 e. The molecule has 0 heterocycles. The van der Waals surface area contributed by atoms with Gasteiger partial charge in [-0.15, -0.1) is 0 Å². The lowest BCUT2D eigenvalue weighted by molar-refractivity contribution is -0.120. The van der Waals surface area contributed by atoms with Crippen LogP contribution >= 0.6 is 10.7 Å². The average molecular weight is 292 g/mol. The van der Waals surface area contributed by atoms with Gasteiger partial charge in [0.25, 0.3) is 9.05 Å². The number of carbonyl (C=O) groups is 1. The van der Waals surface area contributed by atoms with E-state index in [1.807, 2.05) is 0 Å². The van der Waals surface area contributed by atoms with Gasteiger partial charge in [0.05, 0.1) is 11.5 Å². The van der Waals surface area contributed by atoms with Crippen molar-refractivity contribution in [2.24, 2.45) is 0 Å². The first-order valence-electron chi connectivity index (χ1n) is 5.31. The Hall–Kier alpha value is -1.27. The van der Waals surface area contributed by atoms with Crippen molar-refractivity contribution >= 4 is 25.6 Å². The first kappa shape index (κ1) is 14.8. The van der Waals surface area contributed by atoms with Crippen LogP contribution in [0.1, 0.15) is 12.8 Å². The summed E-state index contributed by atoms with van der Waals surface area (Å²) in [5.74, 6) is 0.498. The summed E-state index contributed by atoms with van der Waals surface area (Å²) >= 11 is 0. The molecule has 0 aromatic heterocycles. The van der Waals surface area contributed by atoms with Crippen molar-refractivity contribution in [1.82, 2.24) is 5.32 Å². The monoisotopic (exact) mass is 291 g/mol. The Morgan fingerprint density at radius 1 is 1.33 bits per heavy atom. The molecule has 0 aliphatic carbocycles. The number of hydrogen-bond acceptors (Lipinski definition) is 4. The number of amides is 1. The largest absolute Gasteiger partial charge is 0.494 e. The summed E-state index contributed by atoms with van der Waals surface area (Å²) in [6.45, 7) is 0.389. The fraction of sp³-hybridized carbons (Fsp3) is 0.364. The summed E-state index contributed by atoms with van der Waals surface area (Å²) in [6.07, 6.45) is 0.986. The predicted molar refractivity (Wildman–Crippen MR) is 68.3 cm³/mol. The second-order valence-electron chi connectivity index (χ2n) is 3.53. The lowest BCUT2D eigenvalue weighted by atomic mass is 10.3. The molecule has 0 radical (unpaired) electrons. The predicted octanol–water partition coefficient (Wildman–Crippen LogP) is 1.52. The number of halogens is 1. The van der Waals surface area contributed by atoms with Crippen LogP contribution in [0, 0.1) is 0 Å². The molecule has 1 aromatic carbocycles. The number of rotatable bonds is 6. The molecule has 1 amide bonds. The summed E-state index contributed by atoms with van der Waals surface area (Å²) in [5.41, 5.74) is 0. The molecule has 7 heteroatoms. The van der Waals surface area contributed by atoms with Crippen LogP contribution in [0.4, 0.5) is 0 Å². The highest BCUT2D eigenvalue weighted by Crippen LogP contribution is 2.19. The third-order valence-electron chi connectivity index (χ3n) is 2.20. The second-order valence-corrected chi connectivity index (χ2v) is 6.10. The minimum atomic E-state index is -3.70. The Balaban J connectivity index is 2.43. The van der Waals surface area contributed by atoms with Gasteiger partial charge in [0.15, 0.2) is 0 Å². The molecule has 0 saturated heterocycles. The normalized spacial score (nSPS) is 11.0. The maximum atomic E-state index is 11.0. The molecule has 1 aromatic rings. The summed E-state index contributed by atoms with van der Waals surface area (Å²) < 4.78 is 27.3. The number of nitrogens with one attached hydrogen (secondary N) is 1. The van der Waals surface area contributed by atoms with Crippen LogP contribution in [0.15, 0.2) is 29.2 Å². The molecule has 0 fully saturated rings. The standard InChI is InChI=1S/C11H14ClNO4S/c1-13-11(14)3-2-8-17-9-4-6-10(7-5-9)18(12,15)16/h4-7H,2-3,8H2,1H3,(H,13,14). The van der Waals surface area contributed by atoms with E-state index in [0.29, 0.717) is 25.2 Å². The Morgan fingerprint density at radius 2 is 1.94 bits per heavy atom. The van der Waals surface area contributed by atoms with Gasteiger partial charge >= 0.3 is 0 Å². The molecule has 100 valence electrons. The summed E-state index contributed by atoms with van der Waals surface area (Å²) in [6, 6.07) is 5.79. The van der Waals surface area contributed by atoms with Crippen LogP contribution in [-0.4, -0.2) is 28.0 Å². The topological polar surface area (TPSA) is 72.5 Å². The van der Waals surface area contributed by atoms with E-state index < -0.39 is 9.05 Å². The lowest BCUT2D eigenvalue weighted by Crippen LogP contribution is -2.18. The van der Waals surface area contributed by atoms with Gasteiger partial charge in [-0.25, -0.2) is 8.42 Å². The van der Waals surface area contributed by atoms with Crippen LogP contribution < -0.4 is 10.1 Å². The SMILES string of the molecule is CNC(=O)CCCOc1ccc(S(=O)(=O)Cl)cc1. The third kappa shape index (κ3) is 4.93. The second kappa shape index (κ2) is 6.61. The molecule has 0 saturated carbocycles. The first-order chi connectivity index (χ1) is 8.43. The van der Waals surface area contributed by atoms with Crippen LogP contribution in [0.3, 0.4) is 0 Å². The van der Waals surface area contributed by atoms with Gasteiger partial charge in [-0.3, -0.25) is 4.79 Å². The van der Waals surface area contributed by atoms with Gasteiger partial charge in [0.2, 0.25) is 5.91 Å². The Labute approximate surface area is 111 Å². The molecule has 0 aliphatic rings. The molecule has 0 aliphatic heterocycles. The van der Waals surface area contributed by atoms with E-state index in [0.717, 1.165) is 0 Å². The van der Waals surface area contributed by atoms with Gasteiger partial charge < -0.3 is 10.1 Å². The fourth-order valence-corrected chi connectivity index (χ4v) is 2.02. The van der Waals surface area contributed by atoms with Crippen LogP contribution in [0.25, 0.3) is 0 Å². The highest BCUT2D eigenvalue weighted by molar-refractivity contribution is 8.13. The van der Waals surface area contributed by atoms with Crippen molar-refractivity contribution in [1.29, 1.82) is 0 Å². The molecule has 5 nitrogen and oxygen atoms in total. The van der Waals surface area contributed by atoms with Crippen molar-refractivity contribution in [2.75, 3.05) is 13.7 Å². The molecule has 0 atom stereocenters. The highest BCUT2D eigenvalue weighted by atomic mass is 35.7. The van der Waals surface area contributed by atoms with Crippen molar-refractivity contribution in [3.05, 3.63) is 24.3 Å². The van der Waals surface area contributed by atoms with Gasteiger partial charge in [-0.05, 0) is 30.7 Å². The number of carbonyl (C=O) groups excluding carboxylic acids is 1. The molecular formula is C11H14ClNO4S. The van der Waals surface area contributed by atoms with Crippen LogP contribution in [0.5, 0.6) is 5.75 Å². The summed E-state index contributed by atoms with van der Waals surface area (Å²) in [7, 11) is 3.06. The Kier molecular flexibility index (Phi) is 5.43. The number of benzene rings is 1. The zero-order chi connectivity index (χ0) is 13.6. The minimum absolute atomic E-state index is 0.0295. The molecular weight excluding hydrogens is 278 g/mol. The van der Waals surface area contributed by atoms with Crippen molar-refractivity contribution in [3.63, 3.8) is 0 Å². The third-order valence-corrected chi connectivity index (χ3v) is 3.57. The van der Waals surface area contributed by atoms with Crippen molar-refractivity contribution in [3.8, 4) is 5.75 Å². The molecule has 18 heavy (non-hydrogen) atoms. The van der Waals surface area contributed by atoms with Gasteiger partial charge in [-0.1, -0.05) is 0 Å². The van der Waals surface area contributed by atoms with E-state index >= 15 is 0 Å². The van der Waals surface area contributed by atoms with Crippen molar-refractivity contribution in [2.45, 2.75) is 17.7 Å². The molecule has 1 N–H and O–H groups in total. The van der Waals surface area contributed by atoms with Crippen molar-refractivity contribution < 1.29 is 17.9 Å². The van der Waals surface area contributed by atoms with Gasteiger partial charge in [-0.2, -0.15) is 0 Å². The van der Waals surface area contributed by atoms with E-state index in [1.165, 1.54) is 24.3 Å². The van der Waals surface area contributed by atoms with Gasteiger partial charge in [0.1, 0.15) is 5.75 Å². The van der Waals surface area contributed by atoms with E-state index in [-0.39, 0.29) is 10.8 Å². The van der Waals surface area contributed by atoms with E-state index in [4.69, 9.17) is 15.4 Å². The highest BCUT2D eigenvalue weighted by Gasteiger charge is 2.09. The Bertz CT molecular complexity index is 498. The average Bonchev–Trinajstić information content (AvgIpc) is 2.33. The molecule has 0 unspecified atom stereocenters. The Morgan fingerprint density at radius 3 is 2.44 bits per heavy atom. The molecule has 1 rings (SSSR count). The maximum absolute atomic E-state index is 11.0. The molecule has 0 bridgehead atoms. The number of ether oxygens (including phenoxy) is 1. The fourth-order valence-electron chi connectivity index (χ4n) is 1.25. The lowest BCUT2D eigenvalue weighted by Gasteiger charge is -2.06. The number of hydrogen-bond donors (Lipinski definition) is 1. The van der Waals surface area contributed by atoms with E-state index in [1.54, 1.807) is 7.05 Å². The first-order valence-corrected chi connectivity index (χ1v) is 7.62. The summed E-state index contributed by atoms with van der Waals surface area (Å²) in [4.78, 5) is 11.0. The quantitative estimate of drug-likeness (QED) is 0.637. The van der Waals surface area contributed by atoms with E-state index in [9.17, 15) is 13.2 Å². The van der Waals surface area contributed by atoms with Crippen LogP contribution in [0.2, 0.25) is 0 Å². The van der Waals surface area contributed by atoms with E-state index in [2.05, 4.69) is 5.32 Å². The van der Waals surface area contributed by atoms with Gasteiger partial charge in [0, 0.05) is 24.2 Å². The zero-order valence-electron chi connectivity index (χ0n) is 9.85. The van der Waals surface area contributed by atoms with Crippen LogP contribution in [-0.2, 0) is 13.8 Å². The minimum Gasteiger partial charge on any atom is -0.494 e.